The van der Waals surface area contributed by atoms with Crippen LogP contribution in [0.4, 0.5) is 10.9 Å². The average molecular weight is 454 g/mol. The number of nitrogens with one attached hydrogen (secondary N) is 1. The molecule has 0 aliphatic carbocycles. The fraction of sp³-hybridized carbons (Fsp3) is 0.348. The molecule has 168 valence electrons. The maximum Gasteiger partial charge on any atom is 0.209 e. The fourth-order valence-electron chi connectivity index (χ4n) is 3.39. The molecular weight excluding hydrogens is 426 g/mol. The van der Waals surface area contributed by atoms with Gasteiger partial charge in [-0.1, -0.05) is 12.1 Å². The van der Waals surface area contributed by atoms with E-state index in [1.807, 2.05) is 48.7 Å². The number of benzene rings is 1. The number of nitrogens with zero attached hydrogens (tertiary/aromatic N) is 4. The first-order valence-corrected chi connectivity index (χ1v) is 11.4. The van der Waals surface area contributed by atoms with Crippen molar-refractivity contribution in [3.05, 3.63) is 59.2 Å². The van der Waals surface area contributed by atoms with Gasteiger partial charge < -0.3 is 19.7 Å². The molecular formula is C23H27N5O3S. The molecule has 0 bridgehead atoms. The largest absolute Gasteiger partial charge is 0.485 e. The Morgan fingerprint density at radius 1 is 1.22 bits per heavy atom. The highest BCUT2D eigenvalue weighted by atomic mass is 32.1. The van der Waals surface area contributed by atoms with Crippen molar-refractivity contribution < 1.29 is 14.3 Å². The summed E-state index contributed by atoms with van der Waals surface area (Å²) in [7, 11) is 2.08. The van der Waals surface area contributed by atoms with Gasteiger partial charge in [0.05, 0.1) is 5.69 Å². The van der Waals surface area contributed by atoms with Gasteiger partial charge in [0.1, 0.15) is 12.4 Å². The molecule has 1 aliphatic heterocycles. The van der Waals surface area contributed by atoms with Crippen molar-refractivity contribution in [2.24, 2.45) is 0 Å². The second-order valence-electron chi connectivity index (χ2n) is 7.69. The Bertz CT molecular complexity index is 1040. The Hall–Kier alpha value is -3.01. The molecule has 32 heavy (non-hydrogen) atoms. The van der Waals surface area contributed by atoms with Gasteiger partial charge in [-0.3, -0.25) is 9.69 Å². The lowest BCUT2D eigenvalue weighted by atomic mass is 10.2. The van der Waals surface area contributed by atoms with Gasteiger partial charge in [-0.25, -0.2) is 9.97 Å². The van der Waals surface area contributed by atoms with Crippen LogP contribution in [0, 0.1) is 6.92 Å². The topological polar surface area (TPSA) is 79.8 Å². The van der Waals surface area contributed by atoms with Crippen molar-refractivity contribution in [2.45, 2.75) is 19.8 Å². The number of rotatable bonds is 9. The minimum absolute atomic E-state index is 0.342. The number of pyridine rings is 1. The van der Waals surface area contributed by atoms with Crippen molar-refractivity contribution in [1.29, 1.82) is 0 Å². The molecule has 3 aromatic rings. The number of hydrogen-bond acceptors (Lipinski definition) is 9. The highest BCUT2D eigenvalue weighted by Gasteiger charge is 2.23. The summed E-state index contributed by atoms with van der Waals surface area (Å²) in [5.41, 5.74) is 1.89. The summed E-state index contributed by atoms with van der Waals surface area (Å²) in [6.45, 7) is 5.74. The molecule has 0 saturated carbocycles. The van der Waals surface area contributed by atoms with Crippen molar-refractivity contribution in [3.8, 4) is 11.5 Å². The third-order valence-electron chi connectivity index (χ3n) is 5.18. The van der Waals surface area contributed by atoms with Gasteiger partial charge in [-0.2, -0.15) is 0 Å². The molecule has 0 spiro atoms. The first kappa shape index (κ1) is 22.2. The van der Waals surface area contributed by atoms with Gasteiger partial charge in [0.2, 0.25) is 6.23 Å². The minimum Gasteiger partial charge on any atom is -0.485 e. The summed E-state index contributed by atoms with van der Waals surface area (Å²) in [5, 5.41) is 5.96. The SMILES string of the molecule is Cc1csc(Nc2ncccc2OCc2cccc(OC(C=O)N3CCN(C)CC3)c2)n1. The zero-order valence-corrected chi connectivity index (χ0v) is 19.0. The Morgan fingerprint density at radius 2 is 2.06 bits per heavy atom. The first-order valence-electron chi connectivity index (χ1n) is 10.5. The van der Waals surface area contributed by atoms with Crippen LogP contribution >= 0.6 is 11.3 Å². The number of aldehydes is 1. The van der Waals surface area contributed by atoms with E-state index in [0.717, 1.165) is 48.9 Å². The predicted molar refractivity (Wildman–Crippen MR) is 125 cm³/mol. The van der Waals surface area contributed by atoms with E-state index in [9.17, 15) is 4.79 Å². The Kier molecular flexibility index (Phi) is 7.31. The van der Waals surface area contributed by atoms with Crippen molar-refractivity contribution >= 4 is 28.6 Å². The molecule has 2 aromatic heterocycles. The van der Waals surface area contributed by atoms with Crippen LogP contribution in [0.5, 0.6) is 11.5 Å². The predicted octanol–water partition coefficient (Wildman–Crippen LogP) is 3.32. The smallest absolute Gasteiger partial charge is 0.209 e. The van der Waals surface area contributed by atoms with Gasteiger partial charge in [0.25, 0.3) is 0 Å². The quantitative estimate of drug-likeness (QED) is 0.495. The number of carbonyl (C=O) groups is 1. The number of anilines is 2. The van der Waals surface area contributed by atoms with E-state index in [2.05, 4.69) is 32.1 Å². The maximum atomic E-state index is 11.7. The van der Waals surface area contributed by atoms with E-state index in [0.29, 0.717) is 23.9 Å². The molecule has 1 aromatic carbocycles. The first-order chi connectivity index (χ1) is 15.6. The lowest BCUT2D eigenvalue weighted by Gasteiger charge is -2.35. The van der Waals surface area contributed by atoms with Crippen LogP contribution in [-0.2, 0) is 11.4 Å². The Labute approximate surface area is 191 Å². The highest BCUT2D eigenvalue weighted by Crippen LogP contribution is 2.28. The number of ether oxygens (including phenoxy) is 2. The zero-order valence-electron chi connectivity index (χ0n) is 18.2. The van der Waals surface area contributed by atoms with Gasteiger partial charge in [0, 0.05) is 37.8 Å². The highest BCUT2D eigenvalue weighted by molar-refractivity contribution is 7.13. The minimum atomic E-state index is -0.587. The number of hydrogen-bond donors (Lipinski definition) is 1. The Morgan fingerprint density at radius 3 is 2.81 bits per heavy atom. The molecule has 1 saturated heterocycles. The standard InChI is InChI=1S/C23H27N5O3S/c1-17-16-32-23(25-17)26-22-20(7-4-8-24-22)30-15-18-5-3-6-19(13-18)31-21(14-29)28-11-9-27(2)10-12-28/h3-8,13-14,16,21H,9-12,15H2,1-2H3,(H,24,25,26). The molecule has 1 atom stereocenters. The van der Waals surface area contributed by atoms with Crippen LogP contribution in [0.25, 0.3) is 0 Å². The summed E-state index contributed by atoms with van der Waals surface area (Å²) in [4.78, 5) is 24.7. The van der Waals surface area contributed by atoms with E-state index in [-0.39, 0.29) is 0 Å². The van der Waals surface area contributed by atoms with Crippen molar-refractivity contribution in [1.82, 2.24) is 19.8 Å². The summed E-state index contributed by atoms with van der Waals surface area (Å²) >= 11 is 1.52. The van der Waals surface area contributed by atoms with Crippen LogP contribution in [0.1, 0.15) is 11.3 Å². The number of piperazine rings is 1. The summed E-state index contributed by atoms with van der Waals surface area (Å²) in [6, 6.07) is 11.3. The van der Waals surface area contributed by atoms with Crippen molar-refractivity contribution in [2.75, 3.05) is 38.5 Å². The molecule has 9 heteroatoms. The van der Waals surface area contributed by atoms with Crippen LogP contribution in [-0.4, -0.2) is 65.5 Å². The molecule has 0 radical (unpaired) electrons. The zero-order chi connectivity index (χ0) is 22.3. The lowest BCUT2D eigenvalue weighted by Crippen LogP contribution is -2.51. The van der Waals surface area contributed by atoms with Gasteiger partial charge >= 0.3 is 0 Å². The van der Waals surface area contributed by atoms with Crippen LogP contribution in [0.15, 0.2) is 48.0 Å². The number of aryl methyl sites for hydroxylation is 1. The second-order valence-corrected chi connectivity index (χ2v) is 8.55. The number of thiazole rings is 1. The molecule has 3 heterocycles. The molecule has 1 fully saturated rings. The number of carbonyl (C=O) groups excluding carboxylic acids is 1. The summed E-state index contributed by atoms with van der Waals surface area (Å²) in [6.07, 6.45) is 1.99. The van der Waals surface area contributed by atoms with Gasteiger partial charge in [-0.15, -0.1) is 11.3 Å². The molecule has 4 rings (SSSR count). The molecule has 1 aliphatic rings. The van der Waals surface area contributed by atoms with E-state index < -0.39 is 6.23 Å². The normalized spacial score (nSPS) is 15.8. The third-order valence-corrected chi connectivity index (χ3v) is 6.05. The lowest BCUT2D eigenvalue weighted by molar-refractivity contribution is -0.123. The summed E-state index contributed by atoms with van der Waals surface area (Å²) in [5.74, 6) is 1.89. The maximum absolute atomic E-state index is 11.7. The van der Waals surface area contributed by atoms with E-state index in [1.54, 1.807) is 6.20 Å². The molecule has 8 nitrogen and oxygen atoms in total. The van der Waals surface area contributed by atoms with Gasteiger partial charge in [0.15, 0.2) is 23.0 Å². The summed E-state index contributed by atoms with van der Waals surface area (Å²) < 4.78 is 12.0. The van der Waals surface area contributed by atoms with Crippen LogP contribution < -0.4 is 14.8 Å². The van der Waals surface area contributed by atoms with Crippen LogP contribution in [0.2, 0.25) is 0 Å². The number of likely N-dealkylation sites (N-methyl/N-ethyl adjacent to an activating group) is 1. The monoisotopic (exact) mass is 453 g/mol. The van der Waals surface area contributed by atoms with E-state index in [1.165, 1.54) is 11.3 Å². The van der Waals surface area contributed by atoms with Crippen LogP contribution in [0.3, 0.4) is 0 Å². The van der Waals surface area contributed by atoms with E-state index >= 15 is 0 Å². The second kappa shape index (κ2) is 10.5. The molecule has 1 N–H and O–H groups in total. The Balaban J connectivity index is 1.39. The average Bonchev–Trinajstić information content (AvgIpc) is 3.22. The van der Waals surface area contributed by atoms with Gasteiger partial charge in [-0.05, 0) is 43.8 Å². The number of aromatic nitrogens is 2. The molecule has 0 amide bonds. The van der Waals surface area contributed by atoms with Crippen molar-refractivity contribution in [3.63, 3.8) is 0 Å². The third kappa shape index (κ3) is 5.82. The van der Waals surface area contributed by atoms with E-state index in [4.69, 9.17) is 9.47 Å². The fourth-order valence-corrected chi connectivity index (χ4v) is 4.07. The molecule has 1 unspecified atom stereocenters.